The van der Waals surface area contributed by atoms with Gasteiger partial charge in [-0.3, -0.25) is 4.79 Å². The zero-order valence-corrected chi connectivity index (χ0v) is 11.2. The highest BCUT2D eigenvalue weighted by Gasteiger charge is 2.21. The quantitative estimate of drug-likeness (QED) is 0.720. The summed E-state index contributed by atoms with van der Waals surface area (Å²) in [5.74, 6) is 0.0604. The topological polar surface area (TPSA) is 90.4 Å². The minimum Gasteiger partial charge on any atom is -0.396 e. The van der Waals surface area contributed by atoms with Crippen LogP contribution in [-0.4, -0.2) is 25.2 Å². The molecular weight excluding hydrogens is 242 g/mol. The van der Waals surface area contributed by atoms with Crippen LogP contribution in [0.4, 0.5) is 11.4 Å². The standard InChI is InChI=1S/C14H21N3O2/c1-9(10-5-7-19-8-6-10)17-12-4-2-3-11(13(12)15)14(16)18/h2-4,9-10,17H,5-8,15H2,1H3,(H2,16,18). The third-order valence-electron chi connectivity index (χ3n) is 3.73. The molecule has 1 aromatic rings. The molecule has 1 aliphatic heterocycles. The molecule has 1 atom stereocenters. The number of carbonyl (C=O) groups excluding carboxylic acids is 1. The molecule has 0 aliphatic carbocycles. The molecule has 2 rings (SSSR count). The van der Waals surface area contributed by atoms with Crippen LogP contribution in [0.5, 0.6) is 0 Å². The third-order valence-corrected chi connectivity index (χ3v) is 3.73. The lowest BCUT2D eigenvalue weighted by Gasteiger charge is -2.29. The lowest BCUT2D eigenvalue weighted by molar-refractivity contribution is 0.0622. The van der Waals surface area contributed by atoms with E-state index in [4.69, 9.17) is 16.2 Å². The number of benzene rings is 1. The van der Waals surface area contributed by atoms with Crippen LogP contribution in [0.2, 0.25) is 0 Å². The molecule has 5 N–H and O–H groups in total. The fourth-order valence-electron chi connectivity index (χ4n) is 2.48. The van der Waals surface area contributed by atoms with Gasteiger partial charge in [-0.2, -0.15) is 0 Å². The highest BCUT2D eigenvalue weighted by Crippen LogP contribution is 2.27. The van der Waals surface area contributed by atoms with Gasteiger partial charge in [0.25, 0.3) is 5.91 Å². The number of anilines is 2. The summed E-state index contributed by atoms with van der Waals surface area (Å²) in [5.41, 5.74) is 12.8. The minimum atomic E-state index is -0.500. The van der Waals surface area contributed by atoms with E-state index in [1.807, 2.05) is 6.07 Å². The molecule has 5 nitrogen and oxygen atoms in total. The zero-order chi connectivity index (χ0) is 13.8. The summed E-state index contributed by atoms with van der Waals surface area (Å²) in [4.78, 5) is 11.3. The number of rotatable bonds is 4. The Labute approximate surface area is 113 Å². The van der Waals surface area contributed by atoms with Gasteiger partial charge < -0.3 is 21.5 Å². The van der Waals surface area contributed by atoms with E-state index in [9.17, 15) is 4.79 Å². The zero-order valence-electron chi connectivity index (χ0n) is 11.2. The Kier molecular flexibility index (Phi) is 4.27. The highest BCUT2D eigenvalue weighted by atomic mass is 16.5. The van der Waals surface area contributed by atoms with E-state index < -0.39 is 5.91 Å². The summed E-state index contributed by atoms with van der Waals surface area (Å²) >= 11 is 0. The van der Waals surface area contributed by atoms with Gasteiger partial charge in [-0.1, -0.05) is 6.07 Å². The van der Waals surface area contributed by atoms with Crippen LogP contribution in [0.25, 0.3) is 0 Å². The second-order valence-electron chi connectivity index (χ2n) is 5.01. The Hall–Kier alpha value is -1.75. The predicted octanol–water partition coefficient (Wildman–Crippen LogP) is 1.59. The smallest absolute Gasteiger partial charge is 0.250 e. The number of hydrogen-bond acceptors (Lipinski definition) is 4. The van der Waals surface area contributed by atoms with Gasteiger partial charge in [-0.05, 0) is 37.8 Å². The molecule has 1 saturated heterocycles. The maximum Gasteiger partial charge on any atom is 0.250 e. The Morgan fingerprint density at radius 1 is 1.42 bits per heavy atom. The highest BCUT2D eigenvalue weighted by molar-refractivity contribution is 6.00. The molecular formula is C14H21N3O2. The Morgan fingerprint density at radius 2 is 2.11 bits per heavy atom. The summed E-state index contributed by atoms with van der Waals surface area (Å²) in [7, 11) is 0. The molecule has 0 radical (unpaired) electrons. The molecule has 0 saturated carbocycles. The number of para-hydroxylation sites is 1. The lowest BCUT2D eigenvalue weighted by atomic mass is 9.92. The van der Waals surface area contributed by atoms with E-state index in [0.717, 1.165) is 31.7 Å². The van der Waals surface area contributed by atoms with Crippen LogP contribution in [0.15, 0.2) is 18.2 Å². The number of nitrogen functional groups attached to an aromatic ring is 1. The molecule has 1 fully saturated rings. The fraction of sp³-hybridized carbons (Fsp3) is 0.500. The van der Waals surface area contributed by atoms with Crippen LogP contribution in [0.1, 0.15) is 30.1 Å². The summed E-state index contributed by atoms with van der Waals surface area (Å²) in [5, 5.41) is 3.39. The van der Waals surface area contributed by atoms with Crippen molar-refractivity contribution >= 4 is 17.3 Å². The van der Waals surface area contributed by atoms with Crippen molar-refractivity contribution in [3.63, 3.8) is 0 Å². The normalized spacial score (nSPS) is 17.9. The molecule has 5 heteroatoms. The number of nitrogens with two attached hydrogens (primary N) is 2. The van der Waals surface area contributed by atoms with Gasteiger partial charge in [-0.25, -0.2) is 0 Å². The van der Waals surface area contributed by atoms with Gasteiger partial charge in [0.1, 0.15) is 0 Å². The first kappa shape index (κ1) is 13.7. The van der Waals surface area contributed by atoms with Crippen LogP contribution in [-0.2, 0) is 4.74 Å². The van der Waals surface area contributed by atoms with Crippen molar-refractivity contribution in [1.82, 2.24) is 0 Å². The summed E-state index contributed by atoms with van der Waals surface area (Å²) in [6.07, 6.45) is 2.09. The fourth-order valence-corrected chi connectivity index (χ4v) is 2.48. The maximum atomic E-state index is 11.3. The first-order chi connectivity index (χ1) is 9.09. The molecule has 0 aromatic heterocycles. The largest absolute Gasteiger partial charge is 0.396 e. The summed E-state index contributed by atoms with van der Waals surface area (Å²) in [6.45, 7) is 3.76. The number of primary amides is 1. The molecule has 1 aliphatic rings. The van der Waals surface area contributed by atoms with Crippen molar-refractivity contribution in [3.8, 4) is 0 Å². The van der Waals surface area contributed by atoms with Crippen LogP contribution >= 0.6 is 0 Å². The Balaban J connectivity index is 2.10. The number of nitrogens with one attached hydrogen (secondary N) is 1. The summed E-state index contributed by atoms with van der Waals surface area (Å²) < 4.78 is 5.36. The van der Waals surface area contributed by atoms with Gasteiger partial charge in [-0.15, -0.1) is 0 Å². The van der Waals surface area contributed by atoms with Gasteiger partial charge >= 0.3 is 0 Å². The van der Waals surface area contributed by atoms with Crippen molar-refractivity contribution in [2.24, 2.45) is 11.7 Å². The molecule has 1 heterocycles. The van der Waals surface area contributed by atoms with Crippen molar-refractivity contribution in [1.29, 1.82) is 0 Å². The van der Waals surface area contributed by atoms with Crippen molar-refractivity contribution in [2.45, 2.75) is 25.8 Å². The van der Waals surface area contributed by atoms with Crippen molar-refractivity contribution < 1.29 is 9.53 Å². The number of carbonyl (C=O) groups is 1. The molecule has 1 unspecified atom stereocenters. The Morgan fingerprint density at radius 3 is 2.74 bits per heavy atom. The third kappa shape index (κ3) is 3.17. The van der Waals surface area contributed by atoms with E-state index >= 15 is 0 Å². The second kappa shape index (κ2) is 5.93. The second-order valence-corrected chi connectivity index (χ2v) is 5.01. The number of hydrogen-bond donors (Lipinski definition) is 3. The first-order valence-electron chi connectivity index (χ1n) is 6.62. The van der Waals surface area contributed by atoms with Crippen molar-refractivity contribution in [2.75, 3.05) is 24.3 Å². The molecule has 19 heavy (non-hydrogen) atoms. The van der Waals surface area contributed by atoms with Crippen LogP contribution in [0.3, 0.4) is 0 Å². The summed E-state index contributed by atoms with van der Waals surface area (Å²) in [6, 6.07) is 5.59. The van der Waals surface area contributed by atoms with E-state index in [0.29, 0.717) is 17.2 Å². The number of amides is 1. The van der Waals surface area contributed by atoms with E-state index in [1.54, 1.807) is 12.1 Å². The molecule has 1 aromatic carbocycles. The SMILES string of the molecule is CC(Nc1cccc(C(N)=O)c1N)C1CCOCC1. The number of ether oxygens (including phenoxy) is 1. The predicted molar refractivity (Wildman–Crippen MR) is 76.0 cm³/mol. The molecule has 1 amide bonds. The maximum absolute atomic E-state index is 11.3. The van der Waals surface area contributed by atoms with E-state index in [1.165, 1.54) is 0 Å². The molecule has 0 bridgehead atoms. The van der Waals surface area contributed by atoms with E-state index in [2.05, 4.69) is 12.2 Å². The van der Waals surface area contributed by atoms with Crippen LogP contribution < -0.4 is 16.8 Å². The van der Waals surface area contributed by atoms with E-state index in [-0.39, 0.29) is 6.04 Å². The molecule has 104 valence electrons. The average Bonchev–Trinajstić information content (AvgIpc) is 2.41. The van der Waals surface area contributed by atoms with Gasteiger partial charge in [0.05, 0.1) is 16.9 Å². The first-order valence-corrected chi connectivity index (χ1v) is 6.62. The molecule has 0 spiro atoms. The minimum absolute atomic E-state index is 0.286. The van der Waals surface area contributed by atoms with Gasteiger partial charge in [0.2, 0.25) is 0 Å². The monoisotopic (exact) mass is 263 g/mol. The van der Waals surface area contributed by atoms with Crippen LogP contribution in [0, 0.1) is 5.92 Å². The average molecular weight is 263 g/mol. The van der Waals surface area contributed by atoms with Gasteiger partial charge in [0, 0.05) is 19.3 Å². The van der Waals surface area contributed by atoms with Crippen molar-refractivity contribution in [3.05, 3.63) is 23.8 Å². The lowest BCUT2D eigenvalue weighted by Crippen LogP contribution is -2.31. The Bertz CT molecular complexity index is 456. The van der Waals surface area contributed by atoms with Gasteiger partial charge in [0.15, 0.2) is 0 Å².